The number of amides is 3. The molecule has 0 saturated heterocycles. The zero-order valence-corrected chi connectivity index (χ0v) is 15.9. The molecule has 0 aliphatic heterocycles. The molecule has 2 N–H and O–H groups in total. The number of carbonyl (C=O) groups is 2. The SMILES string of the molecule is CNC(=O)NC(=O)C(C)Sc1nnc(-c2ccccc2F)n1CC(C)C. The minimum absolute atomic E-state index is 0.269. The van der Waals surface area contributed by atoms with Crippen molar-refractivity contribution >= 4 is 23.7 Å². The van der Waals surface area contributed by atoms with Crippen molar-refractivity contribution in [3.05, 3.63) is 30.1 Å². The van der Waals surface area contributed by atoms with Crippen LogP contribution < -0.4 is 10.6 Å². The molecule has 3 amide bonds. The molecule has 1 unspecified atom stereocenters. The number of imide groups is 1. The highest BCUT2D eigenvalue weighted by Gasteiger charge is 2.23. The lowest BCUT2D eigenvalue weighted by atomic mass is 10.2. The van der Waals surface area contributed by atoms with E-state index in [4.69, 9.17) is 0 Å². The van der Waals surface area contributed by atoms with Gasteiger partial charge in [-0.15, -0.1) is 10.2 Å². The maximum absolute atomic E-state index is 14.2. The molecule has 1 heterocycles. The van der Waals surface area contributed by atoms with Crippen molar-refractivity contribution in [1.82, 2.24) is 25.4 Å². The van der Waals surface area contributed by atoms with Crippen molar-refractivity contribution in [1.29, 1.82) is 0 Å². The standard InChI is InChI=1S/C17H22FN5O2S/c1-10(2)9-23-14(12-7-5-6-8-13(12)18)21-22-17(23)26-11(3)15(24)20-16(25)19-4/h5-8,10-11H,9H2,1-4H3,(H2,19,20,24,25). The highest BCUT2D eigenvalue weighted by atomic mass is 32.2. The van der Waals surface area contributed by atoms with E-state index >= 15 is 0 Å². The fourth-order valence-corrected chi connectivity index (χ4v) is 3.09. The molecule has 1 aromatic heterocycles. The first-order chi connectivity index (χ1) is 12.3. The fourth-order valence-electron chi connectivity index (χ4n) is 2.24. The minimum atomic E-state index is -0.573. The van der Waals surface area contributed by atoms with Crippen molar-refractivity contribution in [2.24, 2.45) is 5.92 Å². The van der Waals surface area contributed by atoms with Gasteiger partial charge in [0, 0.05) is 13.6 Å². The lowest BCUT2D eigenvalue weighted by Crippen LogP contribution is -2.41. The first-order valence-electron chi connectivity index (χ1n) is 8.20. The molecule has 1 atom stereocenters. The zero-order chi connectivity index (χ0) is 19.3. The lowest BCUT2D eigenvalue weighted by molar-refractivity contribution is -0.119. The Labute approximate surface area is 155 Å². The largest absolute Gasteiger partial charge is 0.341 e. The van der Waals surface area contributed by atoms with Gasteiger partial charge >= 0.3 is 6.03 Å². The minimum Gasteiger partial charge on any atom is -0.341 e. The van der Waals surface area contributed by atoms with Crippen LogP contribution >= 0.6 is 11.8 Å². The summed E-state index contributed by atoms with van der Waals surface area (Å²) in [6.45, 7) is 6.30. The molecular weight excluding hydrogens is 357 g/mol. The van der Waals surface area contributed by atoms with Gasteiger partial charge in [0.2, 0.25) is 5.91 Å². The van der Waals surface area contributed by atoms with Crippen molar-refractivity contribution in [3.8, 4) is 11.4 Å². The van der Waals surface area contributed by atoms with Gasteiger partial charge in [-0.05, 0) is 25.0 Å². The van der Waals surface area contributed by atoms with Crippen LogP contribution in [0.4, 0.5) is 9.18 Å². The van der Waals surface area contributed by atoms with Gasteiger partial charge in [0.05, 0.1) is 10.8 Å². The Hall–Kier alpha value is -2.42. The fraction of sp³-hybridized carbons (Fsp3) is 0.412. The van der Waals surface area contributed by atoms with Crippen LogP contribution in [-0.2, 0) is 11.3 Å². The molecule has 0 fully saturated rings. The molecule has 0 aliphatic carbocycles. The molecule has 0 bridgehead atoms. The second-order valence-corrected chi connectivity index (χ2v) is 7.43. The first-order valence-corrected chi connectivity index (χ1v) is 9.08. The predicted octanol–water partition coefficient (Wildman–Crippen LogP) is 2.68. The van der Waals surface area contributed by atoms with E-state index < -0.39 is 17.2 Å². The number of nitrogens with one attached hydrogen (secondary N) is 2. The third-order valence-corrected chi connectivity index (χ3v) is 4.58. The number of halogens is 1. The van der Waals surface area contributed by atoms with E-state index in [0.717, 1.165) is 0 Å². The third-order valence-electron chi connectivity index (χ3n) is 3.49. The maximum Gasteiger partial charge on any atom is 0.321 e. The number of hydrogen-bond donors (Lipinski definition) is 2. The molecule has 0 radical (unpaired) electrons. The summed E-state index contributed by atoms with van der Waals surface area (Å²) >= 11 is 1.17. The van der Waals surface area contributed by atoms with Gasteiger partial charge in [0.1, 0.15) is 5.82 Å². The van der Waals surface area contributed by atoms with Crippen LogP contribution in [0.25, 0.3) is 11.4 Å². The second kappa shape index (κ2) is 8.79. The Kier molecular flexibility index (Phi) is 6.73. The molecule has 7 nitrogen and oxygen atoms in total. The van der Waals surface area contributed by atoms with Crippen LogP contribution in [0.1, 0.15) is 20.8 Å². The van der Waals surface area contributed by atoms with Crippen molar-refractivity contribution < 1.29 is 14.0 Å². The molecule has 26 heavy (non-hydrogen) atoms. The van der Waals surface area contributed by atoms with E-state index in [1.807, 2.05) is 13.8 Å². The van der Waals surface area contributed by atoms with Crippen LogP contribution in [0, 0.1) is 11.7 Å². The van der Waals surface area contributed by atoms with Crippen LogP contribution in [0.3, 0.4) is 0 Å². The van der Waals surface area contributed by atoms with Gasteiger partial charge in [-0.1, -0.05) is 37.7 Å². The molecule has 2 aromatic rings. The van der Waals surface area contributed by atoms with Gasteiger partial charge in [0.15, 0.2) is 11.0 Å². The smallest absolute Gasteiger partial charge is 0.321 e. The van der Waals surface area contributed by atoms with E-state index in [1.165, 1.54) is 24.9 Å². The number of carbonyl (C=O) groups excluding carboxylic acids is 2. The van der Waals surface area contributed by atoms with Crippen LogP contribution in [0.2, 0.25) is 0 Å². The van der Waals surface area contributed by atoms with E-state index in [1.54, 1.807) is 29.7 Å². The predicted molar refractivity (Wildman–Crippen MR) is 98.2 cm³/mol. The highest BCUT2D eigenvalue weighted by molar-refractivity contribution is 8.00. The van der Waals surface area contributed by atoms with Crippen LogP contribution in [-0.4, -0.2) is 39.0 Å². The van der Waals surface area contributed by atoms with Crippen molar-refractivity contribution in [2.45, 2.75) is 37.7 Å². The van der Waals surface area contributed by atoms with Gasteiger partial charge in [-0.25, -0.2) is 9.18 Å². The summed E-state index contributed by atoms with van der Waals surface area (Å²) in [5.41, 5.74) is 0.356. The molecule has 2 rings (SSSR count). The Bertz CT molecular complexity index is 793. The third kappa shape index (κ3) is 4.81. The molecular formula is C17H22FN5O2S. The molecule has 1 aromatic carbocycles. The Morgan fingerprint density at radius 3 is 2.54 bits per heavy atom. The Morgan fingerprint density at radius 2 is 1.92 bits per heavy atom. The number of nitrogens with zero attached hydrogens (tertiary/aromatic N) is 3. The molecule has 0 saturated carbocycles. The molecule has 0 spiro atoms. The molecule has 0 aliphatic rings. The summed E-state index contributed by atoms with van der Waals surface area (Å²) in [6.07, 6.45) is 0. The second-order valence-electron chi connectivity index (χ2n) is 6.12. The van der Waals surface area contributed by atoms with Crippen molar-refractivity contribution in [2.75, 3.05) is 7.05 Å². The van der Waals surface area contributed by atoms with Gasteiger partial charge in [-0.3, -0.25) is 10.1 Å². The number of aromatic nitrogens is 3. The number of hydrogen-bond acceptors (Lipinski definition) is 5. The van der Waals surface area contributed by atoms with Crippen molar-refractivity contribution in [3.63, 3.8) is 0 Å². The first kappa shape index (κ1) is 19.9. The Balaban J connectivity index is 2.30. The number of thioether (sulfide) groups is 1. The van der Waals surface area contributed by atoms with Crippen LogP contribution in [0.5, 0.6) is 0 Å². The number of benzene rings is 1. The monoisotopic (exact) mass is 379 g/mol. The zero-order valence-electron chi connectivity index (χ0n) is 15.1. The Morgan fingerprint density at radius 1 is 1.23 bits per heavy atom. The average Bonchev–Trinajstić information content (AvgIpc) is 2.96. The van der Waals surface area contributed by atoms with E-state index in [9.17, 15) is 14.0 Å². The van der Waals surface area contributed by atoms with E-state index in [2.05, 4.69) is 20.8 Å². The highest BCUT2D eigenvalue weighted by Crippen LogP contribution is 2.29. The van der Waals surface area contributed by atoms with Crippen LogP contribution in [0.15, 0.2) is 29.4 Å². The normalized spacial score (nSPS) is 12.1. The topological polar surface area (TPSA) is 88.9 Å². The summed E-state index contributed by atoms with van der Waals surface area (Å²) in [6, 6.07) is 5.79. The van der Waals surface area contributed by atoms with Gasteiger partial charge < -0.3 is 9.88 Å². The lowest BCUT2D eigenvalue weighted by Gasteiger charge is -2.15. The van der Waals surface area contributed by atoms with Gasteiger partial charge in [0.25, 0.3) is 0 Å². The summed E-state index contributed by atoms with van der Waals surface area (Å²) in [5.74, 6) is -0.142. The number of urea groups is 1. The summed E-state index contributed by atoms with van der Waals surface area (Å²) < 4.78 is 16.0. The molecule has 9 heteroatoms. The summed E-state index contributed by atoms with van der Waals surface area (Å²) in [4.78, 5) is 23.4. The quantitative estimate of drug-likeness (QED) is 0.754. The molecule has 140 valence electrons. The maximum atomic E-state index is 14.2. The summed E-state index contributed by atoms with van der Waals surface area (Å²) in [5, 5.41) is 12.8. The van der Waals surface area contributed by atoms with E-state index in [-0.39, 0.29) is 11.7 Å². The van der Waals surface area contributed by atoms with Gasteiger partial charge in [-0.2, -0.15) is 0 Å². The van der Waals surface area contributed by atoms with E-state index in [0.29, 0.717) is 23.1 Å². The number of rotatable bonds is 6. The average molecular weight is 379 g/mol. The summed E-state index contributed by atoms with van der Waals surface area (Å²) in [7, 11) is 1.43.